The molecule has 0 radical (unpaired) electrons. The van der Waals surface area contributed by atoms with E-state index in [2.05, 4.69) is 0 Å². The molecule has 0 fully saturated rings. The van der Waals surface area contributed by atoms with Gasteiger partial charge in [-0.25, -0.2) is 0 Å². The number of nitrogens with zero attached hydrogens (tertiary/aromatic N) is 1. The van der Waals surface area contributed by atoms with Crippen LogP contribution in [-0.4, -0.2) is 24.8 Å². The summed E-state index contributed by atoms with van der Waals surface area (Å²) >= 11 is 0. The summed E-state index contributed by atoms with van der Waals surface area (Å²) in [7, 11) is 3.80. The van der Waals surface area contributed by atoms with E-state index in [0.29, 0.717) is 0 Å². The maximum absolute atomic E-state index is 11.6. The summed E-state index contributed by atoms with van der Waals surface area (Å²) < 4.78 is 0. The first kappa shape index (κ1) is 9.04. The molecule has 0 heterocycles. The first-order chi connectivity index (χ1) is 5.66. The van der Waals surface area contributed by atoms with E-state index in [0.717, 1.165) is 12.1 Å². The molecule has 0 aromatic carbocycles. The fourth-order valence-corrected chi connectivity index (χ4v) is 1.33. The Morgan fingerprint density at radius 1 is 1.50 bits per heavy atom. The standard InChI is InChI=1S/C10H15NO/c1-4-8-6-5-7-9(10(8)12)11(2)3/h5-8H,4H2,1-3H3. The van der Waals surface area contributed by atoms with Crippen molar-refractivity contribution in [3.63, 3.8) is 0 Å². The van der Waals surface area contributed by atoms with Crippen molar-refractivity contribution >= 4 is 5.78 Å². The van der Waals surface area contributed by atoms with E-state index in [4.69, 9.17) is 0 Å². The van der Waals surface area contributed by atoms with Crippen molar-refractivity contribution in [1.82, 2.24) is 4.90 Å². The lowest BCUT2D eigenvalue weighted by Crippen LogP contribution is -2.25. The highest BCUT2D eigenvalue weighted by molar-refractivity contribution is 5.98. The molecule has 1 unspecified atom stereocenters. The monoisotopic (exact) mass is 165 g/mol. The van der Waals surface area contributed by atoms with Gasteiger partial charge in [-0.1, -0.05) is 19.1 Å². The summed E-state index contributed by atoms with van der Waals surface area (Å²) in [5.41, 5.74) is 0.810. The van der Waals surface area contributed by atoms with Crippen LogP contribution < -0.4 is 0 Å². The molecule has 0 aliphatic heterocycles. The molecule has 1 aliphatic carbocycles. The van der Waals surface area contributed by atoms with Gasteiger partial charge >= 0.3 is 0 Å². The Bertz CT molecular complexity index is 238. The first-order valence-corrected chi connectivity index (χ1v) is 4.26. The number of allylic oxidation sites excluding steroid dienone is 4. The topological polar surface area (TPSA) is 20.3 Å². The molecular weight excluding hydrogens is 150 g/mol. The molecule has 2 heteroatoms. The minimum absolute atomic E-state index is 0.0902. The molecule has 1 aliphatic rings. The van der Waals surface area contributed by atoms with E-state index in [-0.39, 0.29) is 11.7 Å². The highest BCUT2D eigenvalue weighted by atomic mass is 16.1. The smallest absolute Gasteiger partial charge is 0.185 e. The number of hydrogen-bond donors (Lipinski definition) is 0. The van der Waals surface area contributed by atoms with Crippen molar-refractivity contribution in [2.24, 2.45) is 5.92 Å². The van der Waals surface area contributed by atoms with Crippen LogP contribution in [0.5, 0.6) is 0 Å². The third-order valence-corrected chi connectivity index (χ3v) is 2.11. The van der Waals surface area contributed by atoms with Gasteiger partial charge in [-0.2, -0.15) is 0 Å². The fourth-order valence-electron chi connectivity index (χ4n) is 1.33. The number of Topliss-reactive ketones (excluding diaryl/α,β-unsaturated/α-hetero) is 1. The molecule has 0 spiro atoms. The molecule has 0 aromatic heterocycles. The third kappa shape index (κ3) is 1.58. The van der Waals surface area contributed by atoms with Crippen LogP contribution in [0.4, 0.5) is 0 Å². The van der Waals surface area contributed by atoms with Crippen molar-refractivity contribution in [3.8, 4) is 0 Å². The van der Waals surface area contributed by atoms with Crippen LogP contribution >= 0.6 is 0 Å². The molecule has 0 N–H and O–H groups in total. The zero-order valence-corrected chi connectivity index (χ0v) is 7.87. The van der Waals surface area contributed by atoms with Gasteiger partial charge in [-0.15, -0.1) is 0 Å². The normalized spacial score (nSPS) is 22.4. The molecular formula is C10H15NO. The second-order valence-corrected chi connectivity index (χ2v) is 3.21. The SMILES string of the molecule is CCC1C=CC=C(N(C)C)C1=O. The summed E-state index contributed by atoms with van der Waals surface area (Å²) in [6.45, 7) is 2.03. The van der Waals surface area contributed by atoms with Crippen LogP contribution in [0.2, 0.25) is 0 Å². The Kier molecular flexibility index (Phi) is 2.69. The number of hydrogen-bond acceptors (Lipinski definition) is 2. The summed E-state index contributed by atoms with van der Waals surface area (Å²) in [5, 5.41) is 0. The second kappa shape index (κ2) is 3.57. The van der Waals surface area contributed by atoms with Gasteiger partial charge in [0.05, 0.1) is 5.70 Å². The van der Waals surface area contributed by atoms with Crippen LogP contribution in [0.3, 0.4) is 0 Å². The minimum atomic E-state index is 0.0902. The van der Waals surface area contributed by atoms with E-state index >= 15 is 0 Å². The molecule has 66 valence electrons. The van der Waals surface area contributed by atoms with Crippen molar-refractivity contribution in [1.29, 1.82) is 0 Å². The maximum atomic E-state index is 11.6. The number of carbonyl (C=O) groups excluding carboxylic acids is 1. The summed E-state index contributed by atoms with van der Waals surface area (Å²) in [4.78, 5) is 13.5. The Morgan fingerprint density at radius 3 is 2.67 bits per heavy atom. The van der Waals surface area contributed by atoms with E-state index < -0.39 is 0 Å². The van der Waals surface area contributed by atoms with Crippen molar-refractivity contribution in [2.75, 3.05) is 14.1 Å². The van der Waals surface area contributed by atoms with Gasteiger partial charge < -0.3 is 4.90 Å². The zero-order valence-electron chi connectivity index (χ0n) is 7.87. The summed E-state index contributed by atoms with van der Waals surface area (Å²) in [5.74, 6) is 0.331. The average Bonchev–Trinajstić information content (AvgIpc) is 2.04. The molecule has 1 atom stereocenters. The first-order valence-electron chi connectivity index (χ1n) is 4.26. The van der Waals surface area contributed by atoms with E-state index in [1.165, 1.54) is 0 Å². The van der Waals surface area contributed by atoms with Gasteiger partial charge in [0.2, 0.25) is 0 Å². The van der Waals surface area contributed by atoms with Crippen LogP contribution in [0, 0.1) is 5.92 Å². The molecule has 12 heavy (non-hydrogen) atoms. The second-order valence-electron chi connectivity index (χ2n) is 3.21. The molecule has 0 saturated carbocycles. The lowest BCUT2D eigenvalue weighted by molar-refractivity contribution is -0.119. The Hall–Kier alpha value is -1.05. The highest BCUT2D eigenvalue weighted by Crippen LogP contribution is 2.18. The van der Waals surface area contributed by atoms with Crippen LogP contribution in [0.25, 0.3) is 0 Å². The van der Waals surface area contributed by atoms with Gasteiger partial charge in [0.15, 0.2) is 5.78 Å². The third-order valence-electron chi connectivity index (χ3n) is 2.11. The predicted octanol–water partition coefficient (Wildman–Crippen LogP) is 1.60. The van der Waals surface area contributed by atoms with Crippen LogP contribution in [0.1, 0.15) is 13.3 Å². The Morgan fingerprint density at radius 2 is 2.17 bits per heavy atom. The number of carbonyl (C=O) groups is 1. The van der Waals surface area contributed by atoms with Crippen LogP contribution in [0.15, 0.2) is 23.9 Å². The maximum Gasteiger partial charge on any atom is 0.185 e. The van der Waals surface area contributed by atoms with Gasteiger partial charge in [-0.3, -0.25) is 4.79 Å². The lowest BCUT2D eigenvalue weighted by Gasteiger charge is -2.21. The Labute approximate surface area is 73.6 Å². The zero-order chi connectivity index (χ0) is 9.14. The highest BCUT2D eigenvalue weighted by Gasteiger charge is 2.21. The summed E-state index contributed by atoms with van der Waals surface area (Å²) in [6.07, 6.45) is 6.69. The van der Waals surface area contributed by atoms with Crippen LogP contribution in [-0.2, 0) is 4.79 Å². The Balaban J connectivity index is 2.83. The van der Waals surface area contributed by atoms with Gasteiger partial charge in [0.1, 0.15) is 0 Å². The predicted molar refractivity (Wildman–Crippen MR) is 49.7 cm³/mol. The quantitative estimate of drug-likeness (QED) is 0.619. The van der Waals surface area contributed by atoms with Gasteiger partial charge in [-0.05, 0) is 12.5 Å². The fraction of sp³-hybridized carbons (Fsp3) is 0.500. The minimum Gasteiger partial charge on any atom is -0.375 e. The van der Waals surface area contributed by atoms with Crippen molar-refractivity contribution < 1.29 is 4.79 Å². The molecule has 0 aromatic rings. The summed E-state index contributed by atoms with van der Waals surface area (Å²) in [6, 6.07) is 0. The number of likely N-dealkylation sites (N-methyl/N-ethyl adjacent to an activating group) is 1. The van der Waals surface area contributed by atoms with E-state index in [1.54, 1.807) is 0 Å². The lowest BCUT2D eigenvalue weighted by atomic mass is 9.94. The van der Waals surface area contributed by atoms with Crippen molar-refractivity contribution in [2.45, 2.75) is 13.3 Å². The van der Waals surface area contributed by atoms with Crippen molar-refractivity contribution in [3.05, 3.63) is 23.9 Å². The largest absolute Gasteiger partial charge is 0.375 e. The van der Waals surface area contributed by atoms with Gasteiger partial charge in [0, 0.05) is 20.0 Å². The molecule has 0 amide bonds. The van der Waals surface area contributed by atoms with E-state index in [9.17, 15) is 4.79 Å². The molecule has 1 rings (SSSR count). The van der Waals surface area contributed by atoms with E-state index in [1.807, 2.05) is 44.1 Å². The number of ketones is 1. The molecule has 2 nitrogen and oxygen atoms in total. The average molecular weight is 165 g/mol. The molecule has 0 bridgehead atoms. The van der Waals surface area contributed by atoms with Gasteiger partial charge in [0.25, 0.3) is 0 Å². The molecule has 0 saturated heterocycles. The number of rotatable bonds is 2.